The van der Waals surface area contributed by atoms with Crippen LogP contribution in [0.2, 0.25) is 0 Å². The highest BCUT2D eigenvalue weighted by Gasteiger charge is 2.70. The smallest absolute Gasteiger partial charge is 0.312 e. The van der Waals surface area contributed by atoms with Crippen molar-refractivity contribution in [1.82, 2.24) is 10.2 Å². The van der Waals surface area contributed by atoms with E-state index in [0.29, 0.717) is 74.2 Å². The lowest BCUT2D eigenvalue weighted by Gasteiger charge is -2.72. The summed E-state index contributed by atoms with van der Waals surface area (Å²) in [5, 5.41) is 13.8. The van der Waals surface area contributed by atoms with E-state index in [1.54, 1.807) is 0 Å². The maximum Gasteiger partial charge on any atom is 0.312 e. The van der Waals surface area contributed by atoms with Crippen molar-refractivity contribution in [3.05, 3.63) is 35.5 Å². The topological polar surface area (TPSA) is 110 Å². The van der Waals surface area contributed by atoms with Crippen LogP contribution in [0.15, 0.2) is 35.5 Å². The number of carboxylic acids is 1. The third-order valence-corrected chi connectivity index (χ3v) is 19.6. The number of carboxylic acid groups (broad SMARTS) is 1. The molecule has 1 saturated heterocycles. The highest BCUT2D eigenvalue weighted by Crippen LogP contribution is 2.76. The van der Waals surface area contributed by atoms with E-state index in [4.69, 9.17) is 0 Å². The molecule has 10 atom stereocenters. The number of hydrogen-bond donors (Lipinski definition) is 4. The van der Waals surface area contributed by atoms with Crippen LogP contribution in [0.25, 0.3) is 0 Å². The van der Waals surface area contributed by atoms with Gasteiger partial charge in [-0.1, -0.05) is 58.9 Å². The maximum absolute atomic E-state index is 14.0. The highest BCUT2D eigenvalue weighted by atomic mass is 32.3. The number of allylic oxidation sites excluding steroid dienone is 5. The number of hydrogen-bond acceptors (Lipinski definition) is 5. The SMILES string of the molecule is C=C(C)[C@@H]1CC[C@]2(NCC(=O)N3CCCS(O)(O)CC3)CC[C@]3(C)[C@H](CC[C@@H]4[C@@]5(C)CC=C(C6=CC[C@](CF)(C(=O)O)CC6)C(C)(C)[C@@H]5CC[C@]43C)[C@@H]12. The Balaban J connectivity index is 1.14. The van der Waals surface area contributed by atoms with Crippen molar-refractivity contribution in [3.8, 4) is 0 Å². The lowest BCUT2D eigenvalue weighted by molar-refractivity contribution is -0.221. The van der Waals surface area contributed by atoms with Gasteiger partial charge >= 0.3 is 5.97 Å². The van der Waals surface area contributed by atoms with Crippen molar-refractivity contribution in [2.75, 3.05) is 37.8 Å². The van der Waals surface area contributed by atoms with Crippen molar-refractivity contribution in [1.29, 1.82) is 0 Å². The quantitative estimate of drug-likeness (QED) is 0.193. The van der Waals surface area contributed by atoms with E-state index < -0.39 is 28.6 Å². The molecule has 0 aromatic carbocycles. The fraction of sp³-hybridized carbons (Fsp3) is 0.818. The number of nitrogens with zero attached hydrogens (tertiary/aromatic N) is 1. The van der Waals surface area contributed by atoms with Crippen LogP contribution in [0.1, 0.15) is 125 Å². The first-order chi connectivity index (χ1) is 24.8. The van der Waals surface area contributed by atoms with Crippen molar-refractivity contribution >= 4 is 22.5 Å². The van der Waals surface area contributed by atoms with Gasteiger partial charge in [-0.25, -0.2) is 4.39 Å². The Bertz CT molecular complexity index is 1580. The lowest BCUT2D eigenvalue weighted by atomic mass is 9.33. The first-order valence-corrected chi connectivity index (χ1v) is 22.8. The summed E-state index contributed by atoms with van der Waals surface area (Å²) in [7, 11) is -2.58. The van der Waals surface area contributed by atoms with Gasteiger partial charge in [-0.2, -0.15) is 10.6 Å². The Morgan fingerprint density at radius 2 is 1.68 bits per heavy atom. The summed E-state index contributed by atoms with van der Waals surface area (Å²) in [5.74, 6) is 2.31. The van der Waals surface area contributed by atoms with E-state index in [0.717, 1.165) is 32.1 Å². The van der Waals surface area contributed by atoms with Crippen LogP contribution in [0, 0.1) is 56.7 Å². The molecule has 298 valence electrons. The van der Waals surface area contributed by atoms with Gasteiger partial charge in [-0.15, -0.1) is 0 Å². The molecule has 1 aliphatic heterocycles. The summed E-state index contributed by atoms with van der Waals surface area (Å²) in [6, 6.07) is 0. The molecule has 7 rings (SSSR count). The summed E-state index contributed by atoms with van der Waals surface area (Å²) in [6.45, 7) is 20.1. The highest BCUT2D eigenvalue weighted by molar-refractivity contribution is 8.24. The molecule has 5 fully saturated rings. The number of amides is 1. The van der Waals surface area contributed by atoms with Gasteiger partial charge in [0, 0.05) is 24.4 Å². The fourth-order valence-electron chi connectivity index (χ4n) is 14.7. The molecule has 1 amide bonds. The minimum Gasteiger partial charge on any atom is -0.481 e. The van der Waals surface area contributed by atoms with Gasteiger partial charge in [-0.3, -0.25) is 18.7 Å². The van der Waals surface area contributed by atoms with Gasteiger partial charge in [0.1, 0.15) is 6.67 Å². The standard InChI is InChI=1S/C44H69FN2O5S/c1-29(2)31-13-20-44(46-27-36(48)47-23-8-25-53(51,52)26-24-47)22-21-41(6)33(37(31)44)9-10-35-40(5)16-14-32(39(3,4)34(40)15-17-42(35,41)7)30-11-18-43(28-45,19-12-30)38(49)50/h11,14,31,33-35,37,46,51-52H,1,8-10,12-13,15-28H2,2-7H3,(H,49,50)/t31-,33+,34-,35+,37+,40-,41+,42+,43-,44-/m0/s1. The van der Waals surface area contributed by atoms with Crippen molar-refractivity contribution in [2.45, 2.75) is 131 Å². The molecular weight excluding hydrogens is 688 g/mol. The number of halogens is 1. The monoisotopic (exact) mass is 756 g/mol. The molecule has 0 spiro atoms. The van der Waals surface area contributed by atoms with Crippen molar-refractivity contribution < 1.29 is 28.2 Å². The molecule has 7 nitrogen and oxygen atoms in total. The summed E-state index contributed by atoms with van der Waals surface area (Å²) in [4.78, 5) is 27.5. The van der Waals surface area contributed by atoms with Gasteiger partial charge in [-0.05, 0) is 153 Å². The zero-order chi connectivity index (χ0) is 38.4. The predicted molar refractivity (Wildman–Crippen MR) is 212 cm³/mol. The summed E-state index contributed by atoms with van der Waals surface area (Å²) in [6.07, 6.45) is 16.8. The van der Waals surface area contributed by atoms with Crippen LogP contribution >= 0.6 is 10.6 Å². The number of carbonyl (C=O) groups excluding carboxylic acids is 1. The van der Waals surface area contributed by atoms with E-state index in [1.807, 2.05) is 4.90 Å². The molecule has 4 saturated carbocycles. The van der Waals surface area contributed by atoms with Crippen LogP contribution in [0.5, 0.6) is 0 Å². The van der Waals surface area contributed by atoms with E-state index in [1.165, 1.54) is 42.4 Å². The molecule has 9 heteroatoms. The van der Waals surface area contributed by atoms with Crippen LogP contribution < -0.4 is 5.32 Å². The van der Waals surface area contributed by atoms with Gasteiger partial charge in [0.15, 0.2) is 0 Å². The van der Waals surface area contributed by atoms with Gasteiger partial charge < -0.3 is 15.3 Å². The normalized spacial score (nSPS) is 45.2. The average molecular weight is 757 g/mol. The van der Waals surface area contributed by atoms with Crippen LogP contribution in [-0.2, 0) is 9.59 Å². The first-order valence-electron chi connectivity index (χ1n) is 20.9. The molecule has 4 N–H and O–H groups in total. The third kappa shape index (κ3) is 6.05. The molecular formula is C44H69FN2O5S. The number of carbonyl (C=O) groups is 2. The molecule has 0 unspecified atom stereocenters. The van der Waals surface area contributed by atoms with Crippen molar-refractivity contribution in [3.63, 3.8) is 0 Å². The summed E-state index contributed by atoms with van der Waals surface area (Å²) in [5.41, 5.74) is 3.04. The molecule has 1 heterocycles. The van der Waals surface area contributed by atoms with E-state index in [2.05, 4.69) is 65.6 Å². The number of nitrogens with one attached hydrogen (secondary N) is 1. The fourth-order valence-corrected chi connectivity index (χ4v) is 16.0. The zero-order valence-electron chi connectivity index (χ0n) is 33.6. The molecule has 0 aromatic rings. The second-order valence-corrected chi connectivity index (χ2v) is 22.8. The van der Waals surface area contributed by atoms with Gasteiger partial charge in [0.05, 0.1) is 17.7 Å². The van der Waals surface area contributed by atoms with Crippen molar-refractivity contribution in [2.24, 2.45) is 56.7 Å². The summed E-state index contributed by atoms with van der Waals surface area (Å²) < 4.78 is 34.6. The molecule has 6 aliphatic carbocycles. The van der Waals surface area contributed by atoms with Crippen LogP contribution in [0.4, 0.5) is 4.39 Å². The molecule has 0 radical (unpaired) electrons. The van der Waals surface area contributed by atoms with Gasteiger partial charge in [0.25, 0.3) is 0 Å². The Labute approximate surface area is 320 Å². The Kier molecular flexibility index (Phi) is 10.1. The second-order valence-electron chi connectivity index (χ2n) is 20.3. The molecule has 53 heavy (non-hydrogen) atoms. The number of fused-ring (bicyclic) bond motifs is 7. The van der Waals surface area contributed by atoms with Gasteiger partial charge in [0.2, 0.25) is 5.91 Å². The zero-order valence-corrected chi connectivity index (χ0v) is 34.4. The Morgan fingerprint density at radius 1 is 0.925 bits per heavy atom. The first kappa shape index (κ1) is 39.6. The molecule has 0 aromatic heterocycles. The number of rotatable bonds is 7. The Hall–Kier alpha value is -1.68. The maximum atomic E-state index is 14.0. The van der Waals surface area contributed by atoms with Crippen LogP contribution in [-0.4, -0.2) is 74.3 Å². The lowest BCUT2D eigenvalue weighted by Crippen LogP contribution is -2.68. The Morgan fingerprint density at radius 3 is 2.34 bits per heavy atom. The molecule has 0 bridgehead atoms. The van der Waals surface area contributed by atoms with Crippen LogP contribution in [0.3, 0.4) is 0 Å². The van der Waals surface area contributed by atoms with E-state index in [9.17, 15) is 28.2 Å². The minimum atomic E-state index is -2.58. The number of aliphatic carboxylic acids is 1. The van der Waals surface area contributed by atoms with E-state index >= 15 is 0 Å². The second kappa shape index (κ2) is 13.5. The largest absolute Gasteiger partial charge is 0.481 e. The molecule has 7 aliphatic rings. The third-order valence-electron chi connectivity index (χ3n) is 17.8. The number of alkyl halides is 1. The average Bonchev–Trinajstić information content (AvgIpc) is 3.39. The predicted octanol–water partition coefficient (Wildman–Crippen LogP) is 9.66. The van der Waals surface area contributed by atoms with E-state index in [-0.39, 0.29) is 45.3 Å². The summed E-state index contributed by atoms with van der Waals surface area (Å²) >= 11 is 0. The minimum absolute atomic E-state index is 0.0456.